The third-order valence-electron chi connectivity index (χ3n) is 8.71. The Bertz CT molecular complexity index is 1190. The molecule has 0 aliphatic carbocycles. The lowest BCUT2D eigenvalue weighted by Crippen LogP contribution is -2.53. The highest BCUT2D eigenvalue weighted by Crippen LogP contribution is 2.43. The molecule has 0 saturated carbocycles. The molecule has 0 radical (unpaired) electrons. The van der Waals surface area contributed by atoms with Crippen LogP contribution in [0.5, 0.6) is 0 Å². The minimum atomic E-state index is -4.40. The number of carboxylic acid groups (broad SMARTS) is 1. The number of rotatable bonds is 4. The maximum Gasteiger partial charge on any atom is 0.416 e. The molecule has 1 N–H and O–H groups in total. The zero-order valence-corrected chi connectivity index (χ0v) is 21.7. The monoisotopic (exact) mass is 533 g/mol. The van der Waals surface area contributed by atoms with E-state index < -0.39 is 17.7 Å². The highest BCUT2D eigenvalue weighted by Gasteiger charge is 2.44. The summed E-state index contributed by atoms with van der Waals surface area (Å²) in [6, 6.07) is 5.48. The van der Waals surface area contributed by atoms with Gasteiger partial charge >= 0.3 is 18.2 Å². The number of carboxylic acids is 1. The SMILES string of the molecule is CC1CCC(C)N1c1cc(C(F)(F)F)ccc1CN1CCCC12CCN(C(=O)n1ccc(C(=O)O)n1)CC2. The number of amides is 1. The quantitative estimate of drug-likeness (QED) is 0.591. The van der Waals surface area contributed by atoms with Gasteiger partial charge in [0.15, 0.2) is 5.69 Å². The predicted octanol–water partition coefficient (Wildman–Crippen LogP) is 5.08. The molecule has 3 aliphatic rings. The van der Waals surface area contributed by atoms with E-state index in [1.165, 1.54) is 24.4 Å². The molecule has 1 aromatic carbocycles. The molecule has 2 aromatic rings. The van der Waals surface area contributed by atoms with Crippen molar-refractivity contribution >= 4 is 17.7 Å². The van der Waals surface area contributed by atoms with Crippen molar-refractivity contribution in [3.05, 3.63) is 47.3 Å². The lowest BCUT2D eigenvalue weighted by atomic mass is 9.84. The molecule has 3 saturated heterocycles. The number of aromatic nitrogens is 2. The van der Waals surface area contributed by atoms with Crippen LogP contribution in [0.15, 0.2) is 30.5 Å². The van der Waals surface area contributed by atoms with Gasteiger partial charge in [-0.1, -0.05) is 6.07 Å². The number of halogens is 3. The number of anilines is 1. The highest BCUT2D eigenvalue weighted by atomic mass is 19.4. The minimum absolute atomic E-state index is 0.116. The molecule has 5 rings (SSSR count). The number of nitrogens with zero attached hydrogens (tertiary/aromatic N) is 5. The van der Waals surface area contributed by atoms with Crippen LogP contribution in [0.3, 0.4) is 0 Å². The van der Waals surface area contributed by atoms with Gasteiger partial charge in [0.2, 0.25) is 0 Å². The van der Waals surface area contributed by atoms with Crippen molar-refractivity contribution in [2.75, 3.05) is 24.5 Å². The first kappa shape index (κ1) is 26.5. The van der Waals surface area contributed by atoms with Gasteiger partial charge in [-0.15, -0.1) is 0 Å². The maximum absolute atomic E-state index is 13.6. The first-order chi connectivity index (χ1) is 18.0. The summed E-state index contributed by atoms with van der Waals surface area (Å²) in [7, 11) is 0. The molecule has 38 heavy (non-hydrogen) atoms. The maximum atomic E-state index is 13.6. The Labute approximate surface area is 220 Å². The number of benzene rings is 1. The van der Waals surface area contributed by atoms with Gasteiger partial charge < -0.3 is 14.9 Å². The average Bonchev–Trinajstić information content (AvgIpc) is 3.59. The molecule has 11 heteroatoms. The van der Waals surface area contributed by atoms with Gasteiger partial charge in [-0.3, -0.25) is 4.90 Å². The number of hydrogen-bond donors (Lipinski definition) is 1. The standard InChI is InChI=1S/C27H34F3N5O3/c1-18-4-5-19(2)35(18)23-16-21(27(28,29)30)7-6-20(23)17-33-12-3-9-26(33)10-14-32(15-11-26)25(38)34-13-8-22(31-34)24(36)37/h6-8,13,16,18-19H,3-5,9-12,14-15,17H2,1-2H3,(H,36,37). The van der Waals surface area contributed by atoms with Gasteiger partial charge in [-0.25, -0.2) is 9.59 Å². The molecular formula is C27H34F3N5O3. The number of likely N-dealkylation sites (tertiary alicyclic amines) is 2. The van der Waals surface area contributed by atoms with Crippen LogP contribution >= 0.6 is 0 Å². The van der Waals surface area contributed by atoms with Crippen LogP contribution in [0, 0.1) is 0 Å². The summed E-state index contributed by atoms with van der Waals surface area (Å²) in [5.74, 6) is -1.18. The largest absolute Gasteiger partial charge is 0.476 e. The van der Waals surface area contributed by atoms with Crippen molar-refractivity contribution in [2.24, 2.45) is 0 Å². The van der Waals surface area contributed by atoms with Gasteiger partial charge in [0.25, 0.3) is 0 Å². The summed E-state index contributed by atoms with van der Waals surface area (Å²) in [5, 5.41) is 12.9. The van der Waals surface area contributed by atoms with Crippen molar-refractivity contribution in [1.29, 1.82) is 0 Å². The Morgan fingerprint density at radius 1 is 1.05 bits per heavy atom. The normalized spacial score (nSPS) is 23.9. The summed E-state index contributed by atoms with van der Waals surface area (Å²) >= 11 is 0. The van der Waals surface area contributed by atoms with Crippen LogP contribution < -0.4 is 4.90 Å². The molecule has 0 bridgehead atoms. The summed E-state index contributed by atoms with van der Waals surface area (Å²) in [4.78, 5) is 30.3. The molecule has 4 heterocycles. The first-order valence-electron chi connectivity index (χ1n) is 13.3. The third-order valence-corrected chi connectivity index (χ3v) is 8.71. The molecule has 8 nitrogen and oxygen atoms in total. The second-order valence-electron chi connectivity index (χ2n) is 11.0. The summed E-state index contributed by atoms with van der Waals surface area (Å²) < 4.78 is 42.0. The molecule has 3 fully saturated rings. The minimum Gasteiger partial charge on any atom is -0.476 e. The lowest BCUT2D eigenvalue weighted by molar-refractivity contribution is -0.137. The Kier molecular flexibility index (Phi) is 6.91. The van der Waals surface area contributed by atoms with Crippen LogP contribution in [-0.2, 0) is 12.7 Å². The van der Waals surface area contributed by atoms with Crippen LogP contribution in [0.2, 0.25) is 0 Å². The average molecular weight is 534 g/mol. The third kappa shape index (κ3) is 4.88. The molecular weight excluding hydrogens is 499 g/mol. The van der Waals surface area contributed by atoms with E-state index in [1.807, 2.05) is 0 Å². The Hall–Kier alpha value is -3.08. The van der Waals surface area contributed by atoms with Crippen LogP contribution in [0.4, 0.5) is 23.7 Å². The first-order valence-corrected chi connectivity index (χ1v) is 13.3. The van der Waals surface area contributed by atoms with Gasteiger partial charge in [0.05, 0.1) is 5.56 Å². The fourth-order valence-corrected chi connectivity index (χ4v) is 6.60. The van der Waals surface area contributed by atoms with E-state index in [2.05, 4.69) is 28.7 Å². The second-order valence-corrected chi connectivity index (χ2v) is 11.0. The zero-order valence-electron chi connectivity index (χ0n) is 21.7. The predicted molar refractivity (Wildman–Crippen MR) is 135 cm³/mol. The van der Waals surface area contributed by atoms with Crippen molar-refractivity contribution < 1.29 is 27.9 Å². The number of piperidine rings is 1. The van der Waals surface area contributed by atoms with Gasteiger partial charge in [0, 0.05) is 49.1 Å². The van der Waals surface area contributed by atoms with E-state index in [1.54, 1.807) is 11.0 Å². The fraction of sp³-hybridized carbons (Fsp3) is 0.593. The van der Waals surface area contributed by atoms with E-state index in [9.17, 15) is 22.8 Å². The Morgan fingerprint density at radius 2 is 1.74 bits per heavy atom. The van der Waals surface area contributed by atoms with E-state index in [-0.39, 0.29) is 29.3 Å². The Morgan fingerprint density at radius 3 is 2.34 bits per heavy atom. The second kappa shape index (κ2) is 9.91. The smallest absolute Gasteiger partial charge is 0.416 e. The van der Waals surface area contributed by atoms with Crippen LogP contribution in [0.25, 0.3) is 0 Å². The van der Waals surface area contributed by atoms with Crippen molar-refractivity contribution in [1.82, 2.24) is 19.6 Å². The van der Waals surface area contributed by atoms with E-state index in [0.29, 0.717) is 25.3 Å². The van der Waals surface area contributed by atoms with E-state index in [0.717, 1.165) is 55.3 Å². The number of alkyl halides is 3. The van der Waals surface area contributed by atoms with Gasteiger partial charge in [-0.05, 0) is 82.7 Å². The van der Waals surface area contributed by atoms with Crippen molar-refractivity contribution in [2.45, 2.75) is 82.7 Å². The van der Waals surface area contributed by atoms with E-state index in [4.69, 9.17) is 5.11 Å². The summed E-state index contributed by atoms with van der Waals surface area (Å²) in [5.41, 5.74) is 0.684. The summed E-state index contributed by atoms with van der Waals surface area (Å²) in [6.45, 7) is 6.61. The van der Waals surface area contributed by atoms with Crippen molar-refractivity contribution in [3.63, 3.8) is 0 Å². The van der Waals surface area contributed by atoms with Crippen LogP contribution in [0.1, 0.15) is 74.0 Å². The number of carbonyl (C=O) groups is 2. The summed E-state index contributed by atoms with van der Waals surface area (Å²) in [6.07, 6.45) is 2.36. The fourth-order valence-electron chi connectivity index (χ4n) is 6.60. The number of aromatic carboxylic acids is 1. The molecule has 1 aromatic heterocycles. The van der Waals surface area contributed by atoms with Gasteiger partial charge in [0.1, 0.15) is 0 Å². The lowest BCUT2D eigenvalue weighted by Gasteiger charge is -2.45. The molecule has 2 unspecified atom stereocenters. The van der Waals surface area contributed by atoms with Gasteiger partial charge in [-0.2, -0.15) is 23.0 Å². The topological polar surface area (TPSA) is 81.9 Å². The molecule has 1 spiro atoms. The molecule has 2 atom stereocenters. The molecule has 1 amide bonds. The van der Waals surface area contributed by atoms with E-state index >= 15 is 0 Å². The number of carbonyl (C=O) groups excluding carboxylic acids is 1. The number of hydrogen-bond acceptors (Lipinski definition) is 5. The van der Waals surface area contributed by atoms with Crippen molar-refractivity contribution in [3.8, 4) is 0 Å². The molecule has 3 aliphatic heterocycles. The highest BCUT2D eigenvalue weighted by molar-refractivity contribution is 5.86. The Balaban J connectivity index is 1.34. The zero-order chi connectivity index (χ0) is 27.2. The van der Waals surface area contributed by atoms with Crippen LogP contribution in [-0.4, -0.2) is 73.9 Å². The molecule has 206 valence electrons.